The van der Waals surface area contributed by atoms with Gasteiger partial charge in [0.1, 0.15) is 4.21 Å². The Labute approximate surface area is 123 Å². The molecule has 1 aromatic heterocycles. The number of nitrogens with two attached hydrogens (primary N) is 1. The summed E-state index contributed by atoms with van der Waals surface area (Å²) in [6.45, 7) is 2.80. The van der Waals surface area contributed by atoms with Crippen LogP contribution in [0.1, 0.15) is 16.0 Å². The second kappa shape index (κ2) is 6.49. The first-order chi connectivity index (χ1) is 9.53. The lowest BCUT2D eigenvalue weighted by atomic mass is 10.1. The molecule has 0 saturated heterocycles. The molecule has 0 spiro atoms. The van der Waals surface area contributed by atoms with Crippen molar-refractivity contribution in [1.29, 1.82) is 0 Å². The highest BCUT2D eigenvalue weighted by Crippen LogP contribution is 2.22. The van der Waals surface area contributed by atoms with Crippen LogP contribution in [0.5, 0.6) is 0 Å². The molecule has 4 nitrogen and oxygen atoms in total. The molecule has 0 aliphatic carbocycles. The fraction of sp³-hybridized carbons (Fsp3) is 0.286. The van der Waals surface area contributed by atoms with E-state index in [0.717, 1.165) is 16.0 Å². The van der Waals surface area contributed by atoms with E-state index >= 15 is 0 Å². The lowest BCUT2D eigenvalue weighted by Gasteiger charge is -2.07. The molecule has 0 amide bonds. The molecule has 1 aromatic carbocycles. The van der Waals surface area contributed by atoms with E-state index in [4.69, 9.17) is 5.73 Å². The van der Waals surface area contributed by atoms with E-state index in [9.17, 15) is 8.42 Å². The molecule has 0 atom stereocenters. The van der Waals surface area contributed by atoms with Gasteiger partial charge < -0.3 is 5.73 Å². The summed E-state index contributed by atoms with van der Waals surface area (Å²) in [5, 5.41) is 0. The average Bonchev–Trinajstić information content (AvgIpc) is 2.88. The van der Waals surface area contributed by atoms with Gasteiger partial charge in [0.05, 0.1) is 0 Å². The molecule has 0 aliphatic heterocycles. The van der Waals surface area contributed by atoms with Crippen LogP contribution in [0.2, 0.25) is 0 Å². The first kappa shape index (κ1) is 15.2. The lowest BCUT2D eigenvalue weighted by Crippen LogP contribution is -2.22. The molecule has 0 bridgehead atoms. The Bertz CT molecular complexity index is 678. The Kier molecular flexibility index (Phi) is 4.93. The topological polar surface area (TPSA) is 72.2 Å². The zero-order valence-corrected chi connectivity index (χ0v) is 12.9. The van der Waals surface area contributed by atoms with Crippen molar-refractivity contribution < 1.29 is 8.42 Å². The third kappa shape index (κ3) is 3.67. The summed E-state index contributed by atoms with van der Waals surface area (Å²) in [4.78, 5) is 0.990. The van der Waals surface area contributed by atoms with E-state index in [1.807, 2.05) is 37.3 Å². The number of nitrogens with one attached hydrogen (secondary N) is 1. The van der Waals surface area contributed by atoms with Gasteiger partial charge >= 0.3 is 0 Å². The Balaban J connectivity index is 2.09. The zero-order chi connectivity index (χ0) is 14.6. The first-order valence-electron chi connectivity index (χ1n) is 6.36. The third-order valence-corrected chi connectivity index (χ3v) is 6.04. The Morgan fingerprint density at radius 1 is 1.20 bits per heavy atom. The van der Waals surface area contributed by atoms with Gasteiger partial charge in [0.2, 0.25) is 10.0 Å². The smallest absolute Gasteiger partial charge is 0.250 e. The van der Waals surface area contributed by atoms with E-state index < -0.39 is 10.0 Å². The second-order valence-corrected chi connectivity index (χ2v) is 7.67. The third-order valence-electron chi connectivity index (χ3n) is 3.01. The number of thiophene rings is 1. The molecule has 0 aliphatic rings. The van der Waals surface area contributed by atoms with Crippen LogP contribution in [0.4, 0.5) is 0 Å². The molecular formula is C14H18N2O2S2. The fourth-order valence-corrected chi connectivity index (χ4v) is 4.25. The molecule has 3 N–H and O–H groups in total. The maximum absolute atomic E-state index is 12.2. The van der Waals surface area contributed by atoms with E-state index in [0.29, 0.717) is 23.7 Å². The molecule has 1 heterocycles. The molecule has 2 rings (SSSR count). The van der Waals surface area contributed by atoms with Crippen molar-refractivity contribution in [1.82, 2.24) is 4.72 Å². The van der Waals surface area contributed by atoms with E-state index in [1.165, 1.54) is 11.3 Å². The second-order valence-electron chi connectivity index (χ2n) is 4.51. The van der Waals surface area contributed by atoms with Crippen LogP contribution >= 0.6 is 11.3 Å². The molecule has 2 aromatic rings. The summed E-state index contributed by atoms with van der Waals surface area (Å²) >= 11 is 1.27. The van der Waals surface area contributed by atoms with Gasteiger partial charge in [-0.3, -0.25) is 0 Å². The van der Waals surface area contributed by atoms with Gasteiger partial charge in [0.25, 0.3) is 0 Å². The van der Waals surface area contributed by atoms with Crippen LogP contribution in [-0.2, 0) is 23.0 Å². The zero-order valence-electron chi connectivity index (χ0n) is 11.3. The van der Waals surface area contributed by atoms with Crippen LogP contribution in [-0.4, -0.2) is 15.0 Å². The van der Waals surface area contributed by atoms with E-state index in [2.05, 4.69) is 4.72 Å². The molecular weight excluding hydrogens is 292 g/mol. The minimum Gasteiger partial charge on any atom is -0.330 e. The van der Waals surface area contributed by atoms with Crippen LogP contribution in [0.15, 0.2) is 40.6 Å². The molecule has 0 saturated carbocycles. The maximum Gasteiger partial charge on any atom is 0.250 e. The molecule has 6 heteroatoms. The number of hydrogen-bond donors (Lipinski definition) is 2. The quantitative estimate of drug-likeness (QED) is 0.857. The highest BCUT2D eigenvalue weighted by molar-refractivity contribution is 7.91. The van der Waals surface area contributed by atoms with Gasteiger partial charge in [-0.25, -0.2) is 13.1 Å². The summed E-state index contributed by atoms with van der Waals surface area (Å²) in [5.74, 6) is 0. The number of rotatable bonds is 6. The number of aryl methyl sites for hydroxylation is 1. The first-order valence-corrected chi connectivity index (χ1v) is 8.66. The SMILES string of the molecule is Cc1ccccc1CNS(=O)(=O)c1ccc(CCN)s1. The molecule has 108 valence electrons. The van der Waals surface area contributed by atoms with Crippen LogP contribution in [0.3, 0.4) is 0 Å². The molecule has 0 unspecified atom stereocenters. The number of sulfonamides is 1. The minimum atomic E-state index is -3.45. The highest BCUT2D eigenvalue weighted by atomic mass is 32.2. The molecule has 20 heavy (non-hydrogen) atoms. The Morgan fingerprint density at radius 3 is 2.65 bits per heavy atom. The van der Waals surface area contributed by atoms with Crippen LogP contribution in [0, 0.1) is 6.92 Å². The Hall–Kier alpha value is -1.21. The van der Waals surface area contributed by atoms with Crippen molar-refractivity contribution in [2.24, 2.45) is 5.73 Å². The largest absolute Gasteiger partial charge is 0.330 e. The molecule has 0 radical (unpaired) electrons. The van der Waals surface area contributed by atoms with Crippen molar-refractivity contribution in [3.63, 3.8) is 0 Å². The number of hydrogen-bond acceptors (Lipinski definition) is 4. The predicted molar refractivity (Wildman–Crippen MR) is 82.3 cm³/mol. The van der Waals surface area contributed by atoms with Gasteiger partial charge in [0.15, 0.2) is 0 Å². The predicted octanol–water partition coefficient (Wildman–Crippen LogP) is 2.04. The summed E-state index contributed by atoms with van der Waals surface area (Å²) in [7, 11) is -3.45. The summed E-state index contributed by atoms with van der Waals surface area (Å²) in [5.41, 5.74) is 7.53. The van der Waals surface area contributed by atoms with Crippen molar-refractivity contribution in [3.8, 4) is 0 Å². The highest BCUT2D eigenvalue weighted by Gasteiger charge is 2.16. The summed E-state index contributed by atoms with van der Waals surface area (Å²) in [6.07, 6.45) is 0.706. The average molecular weight is 310 g/mol. The standard InChI is InChI=1S/C14H18N2O2S2/c1-11-4-2-3-5-12(11)10-16-20(17,18)14-7-6-13(19-14)8-9-15/h2-7,16H,8-10,15H2,1H3. The van der Waals surface area contributed by atoms with Crippen molar-refractivity contribution in [2.45, 2.75) is 24.1 Å². The minimum absolute atomic E-state index is 0.305. The summed E-state index contributed by atoms with van der Waals surface area (Å²) in [6, 6.07) is 11.2. The van der Waals surface area contributed by atoms with E-state index in [1.54, 1.807) is 6.07 Å². The van der Waals surface area contributed by atoms with Crippen LogP contribution < -0.4 is 10.5 Å². The maximum atomic E-state index is 12.2. The molecule has 0 fully saturated rings. The fourth-order valence-electron chi connectivity index (χ4n) is 1.83. The summed E-state index contributed by atoms with van der Waals surface area (Å²) < 4.78 is 27.4. The number of benzene rings is 1. The lowest BCUT2D eigenvalue weighted by molar-refractivity contribution is 0.583. The van der Waals surface area contributed by atoms with Gasteiger partial charge in [-0.05, 0) is 43.1 Å². The van der Waals surface area contributed by atoms with Crippen molar-refractivity contribution >= 4 is 21.4 Å². The van der Waals surface area contributed by atoms with Crippen molar-refractivity contribution in [3.05, 3.63) is 52.4 Å². The normalized spacial score (nSPS) is 11.7. The van der Waals surface area contributed by atoms with Gasteiger partial charge in [0, 0.05) is 11.4 Å². The monoisotopic (exact) mass is 310 g/mol. The van der Waals surface area contributed by atoms with E-state index in [-0.39, 0.29) is 0 Å². The Morgan fingerprint density at radius 2 is 1.95 bits per heavy atom. The van der Waals surface area contributed by atoms with Gasteiger partial charge in [-0.15, -0.1) is 11.3 Å². The van der Waals surface area contributed by atoms with Crippen molar-refractivity contribution in [2.75, 3.05) is 6.54 Å². The van der Waals surface area contributed by atoms with Gasteiger partial charge in [-0.2, -0.15) is 0 Å². The van der Waals surface area contributed by atoms with Crippen LogP contribution in [0.25, 0.3) is 0 Å². The van der Waals surface area contributed by atoms with Gasteiger partial charge in [-0.1, -0.05) is 24.3 Å².